The second kappa shape index (κ2) is 7.22. The van der Waals surface area contributed by atoms with E-state index in [1.807, 2.05) is 0 Å². The minimum absolute atomic E-state index is 0. The van der Waals surface area contributed by atoms with Crippen molar-refractivity contribution in [2.24, 2.45) is 0 Å². The molecule has 5 nitrogen and oxygen atoms in total. The summed E-state index contributed by atoms with van der Waals surface area (Å²) in [4.78, 5) is 1.54. The number of nitrogens with zero attached hydrogens (tertiary/aromatic N) is 1. The van der Waals surface area contributed by atoms with Crippen LogP contribution in [0, 0.1) is 0 Å². The van der Waals surface area contributed by atoms with Gasteiger partial charge in [-0.3, -0.25) is 4.90 Å². The Bertz CT molecular complexity index is 450. The van der Waals surface area contributed by atoms with E-state index < -0.39 is 18.6 Å². The van der Waals surface area contributed by atoms with Crippen LogP contribution in [0.5, 0.6) is 11.5 Å². The van der Waals surface area contributed by atoms with Crippen molar-refractivity contribution in [2.75, 3.05) is 32.8 Å². The van der Waals surface area contributed by atoms with Gasteiger partial charge < -0.3 is 20.6 Å². The third-order valence-electron chi connectivity index (χ3n) is 3.37. The Balaban J connectivity index is 0.00000220. The number of nitrogens with one attached hydrogen (secondary N) is 1. The quantitative estimate of drug-likeness (QED) is 0.667. The molecule has 1 aliphatic heterocycles. The van der Waals surface area contributed by atoms with Gasteiger partial charge in [0, 0.05) is 32.2 Å². The number of halogens is 3. The van der Waals surface area contributed by atoms with Crippen molar-refractivity contribution in [2.45, 2.75) is 12.0 Å². The summed E-state index contributed by atoms with van der Waals surface area (Å²) in [5.41, 5.74) is 0.0865. The summed E-state index contributed by atoms with van der Waals surface area (Å²) < 4.78 is 28.2. The summed E-state index contributed by atoms with van der Waals surface area (Å²) in [5, 5.41) is 31.0. The standard InChI is InChI=1S/C13H18F2N2O3.ClH/c14-13(15,8-18)12(17-3-1-16-2-4-17)9-5-10(19)7-11(20)6-9;/h5-7,12,16,18-20H,1-4,8H2;1H/t12-;/m1./s1. The number of aliphatic hydroxyl groups is 1. The molecule has 0 aromatic heterocycles. The normalized spacial score (nSPS) is 18.0. The Kier molecular flexibility index (Phi) is 6.15. The van der Waals surface area contributed by atoms with E-state index in [0.29, 0.717) is 26.2 Å². The first kappa shape index (κ1) is 17.9. The molecule has 0 amide bonds. The highest BCUT2D eigenvalue weighted by Gasteiger charge is 2.44. The van der Waals surface area contributed by atoms with Crippen LogP contribution in [0.2, 0.25) is 0 Å². The molecule has 1 fully saturated rings. The van der Waals surface area contributed by atoms with Crippen LogP contribution in [0.3, 0.4) is 0 Å². The summed E-state index contributed by atoms with van der Waals surface area (Å²) in [5.74, 6) is -3.93. The van der Waals surface area contributed by atoms with Gasteiger partial charge in [0.15, 0.2) is 0 Å². The maximum absolute atomic E-state index is 14.1. The van der Waals surface area contributed by atoms with Crippen LogP contribution in [-0.2, 0) is 0 Å². The van der Waals surface area contributed by atoms with Gasteiger partial charge >= 0.3 is 0 Å². The van der Waals surface area contributed by atoms with E-state index in [1.54, 1.807) is 4.90 Å². The van der Waals surface area contributed by atoms with E-state index in [4.69, 9.17) is 5.11 Å². The Hall–Kier alpha value is -1.15. The van der Waals surface area contributed by atoms with Crippen LogP contribution in [-0.4, -0.2) is 58.9 Å². The molecule has 0 radical (unpaired) electrons. The molecule has 2 rings (SSSR count). The Morgan fingerprint density at radius 3 is 2.14 bits per heavy atom. The Morgan fingerprint density at radius 1 is 1.14 bits per heavy atom. The number of aromatic hydroxyl groups is 2. The van der Waals surface area contributed by atoms with Crippen molar-refractivity contribution in [3.63, 3.8) is 0 Å². The smallest absolute Gasteiger partial charge is 0.289 e. The summed E-state index contributed by atoms with van der Waals surface area (Å²) >= 11 is 0. The SMILES string of the molecule is Cl.OCC(F)(F)[C@@H](c1cc(O)cc(O)c1)N1CCNCC1. The monoisotopic (exact) mass is 324 g/mol. The molecule has 21 heavy (non-hydrogen) atoms. The first-order chi connectivity index (χ1) is 9.44. The minimum atomic E-state index is -3.36. The molecule has 0 unspecified atom stereocenters. The average Bonchev–Trinajstić information content (AvgIpc) is 2.39. The molecular weight excluding hydrogens is 306 g/mol. The highest BCUT2D eigenvalue weighted by molar-refractivity contribution is 5.85. The fraction of sp³-hybridized carbons (Fsp3) is 0.538. The highest BCUT2D eigenvalue weighted by atomic mass is 35.5. The lowest BCUT2D eigenvalue weighted by Gasteiger charge is -2.38. The number of benzene rings is 1. The molecular formula is C13H19ClF2N2O3. The van der Waals surface area contributed by atoms with E-state index in [2.05, 4.69) is 5.32 Å². The van der Waals surface area contributed by atoms with Gasteiger partial charge in [-0.15, -0.1) is 12.4 Å². The Morgan fingerprint density at radius 2 is 1.67 bits per heavy atom. The molecule has 0 aliphatic carbocycles. The summed E-state index contributed by atoms with van der Waals surface area (Å²) in [6, 6.07) is 2.08. The van der Waals surface area contributed by atoms with Gasteiger partial charge in [0.1, 0.15) is 24.1 Å². The summed E-state index contributed by atoms with van der Waals surface area (Å²) in [6.07, 6.45) is 0. The molecule has 1 aromatic rings. The van der Waals surface area contributed by atoms with Crippen molar-refractivity contribution in [1.29, 1.82) is 0 Å². The van der Waals surface area contributed by atoms with Crippen LogP contribution >= 0.6 is 12.4 Å². The number of alkyl halides is 2. The predicted molar refractivity (Wildman–Crippen MR) is 76.2 cm³/mol. The van der Waals surface area contributed by atoms with Crippen LogP contribution in [0.1, 0.15) is 11.6 Å². The fourth-order valence-corrected chi connectivity index (χ4v) is 2.52. The van der Waals surface area contributed by atoms with Gasteiger partial charge in [0.05, 0.1) is 0 Å². The van der Waals surface area contributed by atoms with Crippen molar-refractivity contribution >= 4 is 12.4 Å². The van der Waals surface area contributed by atoms with Crippen LogP contribution in [0.25, 0.3) is 0 Å². The van der Waals surface area contributed by atoms with Crippen molar-refractivity contribution in [3.05, 3.63) is 23.8 Å². The lowest BCUT2D eigenvalue weighted by atomic mass is 9.97. The maximum atomic E-state index is 14.1. The average molecular weight is 325 g/mol. The van der Waals surface area contributed by atoms with E-state index in [1.165, 1.54) is 12.1 Å². The zero-order chi connectivity index (χ0) is 14.8. The Labute approximate surface area is 127 Å². The van der Waals surface area contributed by atoms with E-state index in [9.17, 15) is 19.0 Å². The second-order valence-electron chi connectivity index (χ2n) is 4.89. The molecule has 0 bridgehead atoms. The number of piperazine rings is 1. The van der Waals surface area contributed by atoms with Crippen molar-refractivity contribution in [1.82, 2.24) is 10.2 Å². The first-order valence-electron chi connectivity index (χ1n) is 6.40. The number of rotatable bonds is 4. The van der Waals surface area contributed by atoms with Gasteiger partial charge in [-0.1, -0.05) is 0 Å². The van der Waals surface area contributed by atoms with Gasteiger partial charge in [-0.05, 0) is 17.7 Å². The molecule has 1 aliphatic rings. The second-order valence-corrected chi connectivity index (χ2v) is 4.89. The number of aliphatic hydroxyl groups excluding tert-OH is 1. The van der Waals surface area contributed by atoms with Crippen molar-refractivity contribution in [3.8, 4) is 11.5 Å². The number of phenolic OH excluding ortho intramolecular Hbond substituents is 2. The number of phenols is 2. The molecule has 8 heteroatoms. The third kappa shape index (κ3) is 4.16. The van der Waals surface area contributed by atoms with E-state index >= 15 is 0 Å². The van der Waals surface area contributed by atoms with E-state index in [-0.39, 0.29) is 29.5 Å². The number of hydrogen-bond donors (Lipinski definition) is 4. The predicted octanol–water partition coefficient (Wildman–Crippen LogP) is 1.09. The minimum Gasteiger partial charge on any atom is -0.508 e. The molecule has 1 aromatic carbocycles. The molecule has 1 heterocycles. The molecule has 1 saturated heterocycles. The van der Waals surface area contributed by atoms with Gasteiger partial charge in [0.2, 0.25) is 0 Å². The van der Waals surface area contributed by atoms with Gasteiger partial charge in [-0.25, -0.2) is 8.78 Å². The first-order valence-corrected chi connectivity index (χ1v) is 6.40. The highest BCUT2D eigenvalue weighted by Crippen LogP contribution is 2.38. The number of hydrogen-bond acceptors (Lipinski definition) is 5. The largest absolute Gasteiger partial charge is 0.508 e. The zero-order valence-electron chi connectivity index (χ0n) is 11.3. The van der Waals surface area contributed by atoms with Crippen LogP contribution in [0.4, 0.5) is 8.78 Å². The molecule has 0 spiro atoms. The zero-order valence-corrected chi connectivity index (χ0v) is 12.1. The lowest BCUT2D eigenvalue weighted by Crippen LogP contribution is -2.51. The fourth-order valence-electron chi connectivity index (χ4n) is 2.52. The van der Waals surface area contributed by atoms with E-state index in [0.717, 1.165) is 6.07 Å². The summed E-state index contributed by atoms with van der Waals surface area (Å²) in [6.45, 7) is 0.650. The maximum Gasteiger partial charge on any atom is 0.289 e. The molecule has 4 N–H and O–H groups in total. The molecule has 1 atom stereocenters. The molecule has 120 valence electrons. The van der Waals surface area contributed by atoms with Gasteiger partial charge in [-0.2, -0.15) is 0 Å². The topological polar surface area (TPSA) is 76.0 Å². The van der Waals surface area contributed by atoms with Gasteiger partial charge in [0.25, 0.3) is 5.92 Å². The van der Waals surface area contributed by atoms with Crippen LogP contribution in [0.15, 0.2) is 18.2 Å². The lowest BCUT2D eigenvalue weighted by molar-refractivity contribution is -0.118. The van der Waals surface area contributed by atoms with Crippen molar-refractivity contribution < 1.29 is 24.1 Å². The third-order valence-corrected chi connectivity index (χ3v) is 3.37. The summed E-state index contributed by atoms with van der Waals surface area (Å²) in [7, 11) is 0. The van der Waals surface area contributed by atoms with Crippen LogP contribution < -0.4 is 5.32 Å². The molecule has 0 saturated carbocycles.